The number of phenolic OH excluding ortho intramolecular Hbond substituents is 1. The average molecular weight is 476 g/mol. The third kappa shape index (κ3) is 4.06. The first-order valence-electron chi connectivity index (χ1n) is 10.3. The van der Waals surface area contributed by atoms with Crippen LogP contribution in [0, 0.1) is 5.82 Å². The lowest BCUT2D eigenvalue weighted by molar-refractivity contribution is 0.385. The number of sulfonamides is 1. The second-order valence-electron chi connectivity index (χ2n) is 7.79. The molecule has 2 N–H and O–H groups in total. The Bertz CT molecular complexity index is 1450. The molecule has 2 heterocycles. The zero-order valence-electron chi connectivity index (χ0n) is 18.1. The molecule has 4 aromatic rings. The molecule has 7 nitrogen and oxygen atoms in total. The highest BCUT2D eigenvalue weighted by atomic mass is 32.2. The van der Waals surface area contributed by atoms with Crippen molar-refractivity contribution in [2.45, 2.75) is 19.9 Å². The zero-order chi connectivity index (χ0) is 23.9. The highest BCUT2D eigenvalue weighted by molar-refractivity contribution is 7.92. The van der Waals surface area contributed by atoms with Crippen molar-refractivity contribution < 1.29 is 27.4 Å². The molecular weight excluding hydrogens is 452 g/mol. The van der Waals surface area contributed by atoms with E-state index in [0.717, 1.165) is 11.8 Å². The van der Waals surface area contributed by atoms with Crippen LogP contribution in [-0.2, 0) is 23.0 Å². The maximum atomic E-state index is 13.3. The van der Waals surface area contributed by atoms with Crippen LogP contribution in [0.5, 0.6) is 11.6 Å². The molecule has 0 saturated carbocycles. The Morgan fingerprint density at radius 2 is 1.82 bits per heavy atom. The molecule has 174 valence electrons. The summed E-state index contributed by atoms with van der Waals surface area (Å²) in [5.41, 5.74) is 1.89. The Hall–Kier alpha value is -3.40. The van der Waals surface area contributed by atoms with Crippen LogP contribution in [-0.4, -0.2) is 47.7 Å². The van der Waals surface area contributed by atoms with Crippen LogP contribution in [0.3, 0.4) is 0 Å². The minimum absolute atomic E-state index is 0.00633. The molecule has 0 radical (unpaired) electrons. The highest BCUT2D eigenvalue weighted by Gasteiger charge is 2.27. The zero-order valence-corrected chi connectivity index (χ0v) is 18.9. The third-order valence-corrected chi connectivity index (χ3v) is 6.79. The summed E-state index contributed by atoms with van der Waals surface area (Å²) in [6, 6.07) is 7.71. The van der Waals surface area contributed by atoms with E-state index in [9.17, 15) is 27.4 Å². The largest absolute Gasteiger partial charge is 0.505 e. The van der Waals surface area contributed by atoms with Gasteiger partial charge in [0.15, 0.2) is 5.75 Å². The molecule has 10 heteroatoms. The van der Waals surface area contributed by atoms with Gasteiger partial charge in [-0.15, -0.1) is 0 Å². The van der Waals surface area contributed by atoms with Crippen LogP contribution in [0.25, 0.3) is 21.7 Å². The van der Waals surface area contributed by atoms with Crippen LogP contribution >= 0.6 is 0 Å². The van der Waals surface area contributed by atoms with Crippen molar-refractivity contribution in [3.05, 3.63) is 59.7 Å². The second-order valence-corrected chi connectivity index (χ2v) is 9.70. The van der Waals surface area contributed by atoms with Gasteiger partial charge in [-0.25, -0.2) is 17.2 Å². The van der Waals surface area contributed by atoms with Gasteiger partial charge >= 0.3 is 0 Å². The number of halogens is 2. The van der Waals surface area contributed by atoms with E-state index in [1.165, 1.54) is 33.4 Å². The molecule has 0 bridgehead atoms. The van der Waals surface area contributed by atoms with Crippen molar-refractivity contribution in [1.29, 1.82) is 0 Å². The lowest BCUT2D eigenvalue weighted by Crippen LogP contribution is -2.29. The van der Waals surface area contributed by atoms with Crippen LogP contribution in [0.4, 0.5) is 14.5 Å². The summed E-state index contributed by atoms with van der Waals surface area (Å²) in [5.74, 6) is -1.05. The van der Waals surface area contributed by atoms with Crippen molar-refractivity contribution in [3.63, 3.8) is 0 Å². The summed E-state index contributed by atoms with van der Waals surface area (Å²) >= 11 is 0. The molecule has 2 aromatic heterocycles. The molecule has 0 aliphatic carbocycles. The minimum atomic E-state index is -3.74. The number of nitrogens with zero attached hydrogens (tertiary/aromatic N) is 3. The monoisotopic (exact) mass is 475 g/mol. The number of aryl methyl sites for hydroxylation is 1. The summed E-state index contributed by atoms with van der Waals surface area (Å²) < 4.78 is 54.0. The molecule has 0 saturated heterocycles. The third-order valence-electron chi connectivity index (χ3n) is 5.55. The van der Waals surface area contributed by atoms with Gasteiger partial charge in [0.1, 0.15) is 18.0 Å². The number of fused-ring (bicyclic) bond motifs is 2. The number of pyridine rings is 1. The van der Waals surface area contributed by atoms with Crippen LogP contribution < -0.4 is 4.31 Å². The van der Waals surface area contributed by atoms with Gasteiger partial charge in [0.2, 0.25) is 15.9 Å². The Morgan fingerprint density at radius 1 is 1.12 bits per heavy atom. The van der Waals surface area contributed by atoms with Crippen molar-refractivity contribution >= 4 is 37.4 Å². The maximum absolute atomic E-state index is 13.3. The molecule has 0 atom stereocenters. The number of aromatic hydroxyl groups is 2. The lowest BCUT2D eigenvalue weighted by atomic mass is 10.0. The molecule has 0 fully saturated rings. The van der Waals surface area contributed by atoms with Gasteiger partial charge in [-0.2, -0.15) is 0 Å². The summed E-state index contributed by atoms with van der Waals surface area (Å²) in [6.07, 6.45) is 4.43. The van der Waals surface area contributed by atoms with Crippen LogP contribution in [0.2, 0.25) is 0 Å². The summed E-state index contributed by atoms with van der Waals surface area (Å²) in [7, 11) is -3.74. The van der Waals surface area contributed by atoms with Crippen molar-refractivity contribution in [3.8, 4) is 11.6 Å². The number of aromatic nitrogens is 2. The molecule has 0 aliphatic rings. The molecule has 0 aliphatic heterocycles. The van der Waals surface area contributed by atoms with Crippen LogP contribution in [0.1, 0.15) is 18.1 Å². The predicted molar refractivity (Wildman–Crippen MR) is 124 cm³/mol. The number of benzene rings is 2. The molecule has 33 heavy (non-hydrogen) atoms. The second kappa shape index (κ2) is 8.51. The number of phenols is 1. The van der Waals surface area contributed by atoms with Gasteiger partial charge in [-0.3, -0.25) is 9.29 Å². The molecular formula is C23H23F2N3O4S. The first-order chi connectivity index (χ1) is 15.7. The first-order valence-corrected chi connectivity index (χ1v) is 12.1. The Balaban J connectivity index is 2.04. The van der Waals surface area contributed by atoms with Gasteiger partial charge in [0, 0.05) is 29.7 Å². The van der Waals surface area contributed by atoms with Crippen molar-refractivity contribution in [2.75, 3.05) is 23.8 Å². The van der Waals surface area contributed by atoms with Crippen molar-refractivity contribution in [1.82, 2.24) is 9.55 Å². The Morgan fingerprint density at radius 3 is 2.42 bits per heavy atom. The summed E-state index contributed by atoms with van der Waals surface area (Å²) in [6.45, 7) is 0.836. The number of anilines is 1. The Labute approximate surface area is 189 Å². The van der Waals surface area contributed by atoms with E-state index in [-0.39, 0.29) is 52.5 Å². The average Bonchev–Trinajstić information content (AvgIpc) is 3.08. The smallest absolute Gasteiger partial charge is 0.232 e. The SMILES string of the molecule is CCN(c1c2cc(Cc3ccc(F)cc3)cnc2c(O)c2c(O)n(CCF)cc12)S(C)(=O)=O. The number of rotatable bonds is 7. The topological polar surface area (TPSA) is 95.7 Å². The van der Waals surface area contributed by atoms with Gasteiger partial charge in [0.05, 0.1) is 23.9 Å². The lowest BCUT2D eigenvalue weighted by Gasteiger charge is -2.24. The maximum Gasteiger partial charge on any atom is 0.232 e. The molecule has 0 unspecified atom stereocenters. The van der Waals surface area contributed by atoms with E-state index < -0.39 is 16.7 Å². The standard InChI is InChI=1S/C23H23F2N3O4S/c1-3-28(33(2,31)32)21-17-11-15(10-14-4-6-16(25)7-5-14)12-26-20(17)22(29)19-18(21)13-27(9-8-24)23(19)30/h4-7,11-13,29-30H,3,8-10H2,1-2H3. The van der Waals surface area contributed by atoms with E-state index in [1.807, 2.05) is 0 Å². The first kappa shape index (κ1) is 22.8. The fourth-order valence-electron chi connectivity index (χ4n) is 4.12. The quantitative estimate of drug-likeness (QED) is 0.420. The summed E-state index contributed by atoms with van der Waals surface area (Å²) in [4.78, 5) is 4.36. The molecule has 0 amide bonds. The fourth-order valence-corrected chi connectivity index (χ4v) is 5.12. The Kier molecular flexibility index (Phi) is 5.87. The van der Waals surface area contributed by atoms with E-state index >= 15 is 0 Å². The van der Waals surface area contributed by atoms with Crippen molar-refractivity contribution in [2.24, 2.45) is 0 Å². The fraction of sp³-hybridized carbons (Fsp3) is 0.261. The normalized spacial score (nSPS) is 12.0. The van der Waals surface area contributed by atoms with E-state index in [1.54, 1.807) is 25.1 Å². The van der Waals surface area contributed by atoms with E-state index in [0.29, 0.717) is 17.4 Å². The van der Waals surface area contributed by atoms with Gasteiger partial charge in [0.25, 0.3) is 0 Å². The predicted octanol–water partition coefficient (Wildman–Crippen LogP) is 4.09. The number of alkyl halides is 1. The van der Waals surface area contributed by atoms with Crippen LogP contribution in [0.15, 0.2) is 42.7 Å². The minimum Gasteiger partial charge on any atom is -0.505 e. The molecule has 0 spiro atoms. The van der Waals surface area contributed by atoms with Gasteiger partial charge in [-0.1, -0.05) is 12.1 Å². The number of hydrogen-bond donors (Lipinski definition) is 2. The van der Waals surface area contributed by atoms with E-state index in [2.05, 4.69) is 4.98 Å². The van der Waals surface area contributed by atoms with E-state index in [4.69, 9.17) is 0 Å². The highest BCUT2D eigenvalue weighted by Crippen LogP contribution is 2.47. The van der Waals surface area contributed by atoms with Gasteiger partial charge in [-0.05, 0) is 42.7 Å². The summed E-state index contributed by atoms with van der Waals surface area (Å²) in [5, 5.41) is 22.2. The number of hydrogen-bond acceptors (Lipinski definition) is 5. The molecule has 2 aromatic carbocycles. The van der Waals surface area contributed by atoms with Gasteiger partial charge < -0.3 is 14.8 Å². The molecule has 4 rings (SSSR count).